The third-order valence-corrected chi connectivity index (χ3v) is 2.97. The van der Waals surface area contributed by atoms with Gasteiger partial charge in [0.1, 0.15) is 12.0 Å². The summed E-state index contributed by atoms with van der Waals surface area (Å²) in [6.07, 6.45) is 5.61. The molecule has 16 heavy (non-hydrogen) atoms. The molecule has 0 saturated heterocycles. The fourth-order valence-corrected chi connectivity index (χ4v) is 1.93. The lowest BCUT2D eigenvalue weighted by molar-refractivity contribution is 0.112. The molecular formula is C13H17BrO2. The summed E-state index contributed by atoms with van der Waals surface area (Å²) in [6, 6.07) is 5.36. The van der Waals surface area contributed by atoms with E-state index in [9.17, 15) is 4.79 Å². The molecule has 3 heteroatoms. The number of hydrogen-bond acceptors (Lipinski definition) is 2. The third kappa shape index (κ3) is 4.35. The van der Waals surface area contributed by atoms with E-state index in [0.717, 1.165) is 29.5 Å². The van der Waals surface area contributed by atoms with Crippen LogP contribution in [0.25, 0.3) is 0 Å². The van der Waals surface area contributed by atoms with Gasteiger partial charge in [-0.15, -0.1) is 0 Å². The number of unbranched alkanes of at least 4 members (excludes halogenated alkanes) is 3. The second-order valence-corrected chi connectivity index (χ2v) is 4.57. The van der Waals surface area contributed by atoms with Gasteiger partial charge >= 0.3 is 0 Å². The van der Waals surface area contributed by atoms with Gasteiger partial charge < -0.3 is 4.74 Å². The average Bonchev–Trinajstić information content (AvgIpc) is 2.30. The Labute approximate surface area is 105 Å². The first-order valence-electron chi connectivity index (χ1n) is 5.65. The molecule has 0 aliphatic rings. The Morgan fingerprint density at radius 1 is 1.31 bits per heavy atom. The molecule has 0 aliphatic heterocycles. The summed E-state index contributed by atoms with van der Waals surface area (Å²) in [7, 11) is 0. The number of carbonyl (C=O) groups is 1. The monoisotopic (exact) mass is 284 g/mol. The Bertz CT molecular complexity index is 337. The van der Waals surface area contributed by atoms with Gasteiger partial charge in [0.25, 0.3) is 0 Å². The largest absolute Gasteiger partial charge is 0.492 e. The van der Waals surface area contributed by atoms with Crippen molar-refractivity contribution in [3.8, 4) is 5.75 Å². The first-order valence-corrected chi connectivity index (χ1v) is 6.44. The summed E-state index contributed by atoms with van der Waals surface area (Å²) in [5, 5.41) is 0. The van der Waals surface area contributed by atoms with Crippen molar-refractivity contribution in [1.29, 1.82) is 0 Å². The Hall–Kier alpha value is -0.830. The number of aldehydes is 1. The second-order valence-electron chi connectivity index (χ2n) is 3.72. The SMILES string of the molecule is CCCCCCOc1ccc(C=O)cc1Br. The van der Waals surface area contributed by atoms with Crippen LogP contribution in [0.3, 0.4) is 0 Å². The van der Waals surface area contributed by atoms with Gasteiger partial charge in [0.2, 0.25) is 0 Å². The summed E-state index contributed by atoms with van der Waals surface area (Å²) in [5.41, 5.74) is 0.658. The maximum absolute atomic E-state index is 10.5. The van der Waals surface area contributed by atoms with Gasteiger partial charge in [0.15, 0.2) is 0 Å². The lowest BCUT2D eigenvalue weighted by Crippen LogP contribution is -1.98. The molecule has 0 heterocycles. The summed E-state index contributed by atoms with van der Waals surface area (Å²) < 4.78 is 6.46. The highest BCUT2D eigenvalue weighted by Gasteiger charge is 2.01. The second kappa shape index (κ2) is 7.44. The zero-order valence-electron chi connectivity index (χ0n) is 9.54. The summed E-state index contributed by atoms with van der Waals surface area (Å²) >= 11 is 3.39. The molecule has 0 amide bonds. The van der Waals surface area contributed by atoms with Crippen LogP contribution in [0.1, 0.15) is 43.0 Å². The number of rotatable bonds is 7. The quantitative estimate of drug-likeness (QED) is 0.554. The zero-order valence-corrected chi connectivity index (χ0v) is 11.1. The van der Waals surface area contributed by atoms with E-state index in [1.807, 2.05) is 6.07 Å². The first-order chi connectivity index (χ1) is 7.77. The Morgan fingerprint density at radius 3 is 2.75 bits per heavy atom. The van der Waals surface area contributed by atoms with Crippen LogP contribution in [0.2, 0.25) is 0 Å². The van der Waals surface area contributed by atoms with Crippen molar-refractivity contribution < 1.29 is 9.53 Å². The van der Waals surface area contributed by atoms with Gasteiger partial charge in [-0.2, -0.15) is 0 Å². The van der Waals surface area contributed by atoms with Crippen LogP contribution in [0.15, 0.2) is 22.7 Å². The van der Waals surface area contributed by atoms with Crippen LogP contribution >= 0.6 is 15.9 Å². The molecule has 0 saturated carbocycles. The Morgan fingerprint density at radius 2 is 2.12 bits per heavy atom. The highest BCUT2D eigenvalue weighted by molar-refractivity contribution is 9.10. The Kier molecular flexibility index (Phi) is 6.16. The number of benzene rings is 1. The van der Waals surface area contributed by atoms with Gasteiger partial charge in [-0.25, -0.2) is 0 Å². The van der Waals surface area contributed by atoms with Gasteiger partial charge in [-0.1, -0.05) is 26.2 Å². The first kappa shape index (κ1) is 13.2. The van der Waals surface area contributed by atoms with Crippen molar-refractivity contribution in [1.82, 2.24) is 0 Å². The minimum absolute atomic E-state index is 0.658. The van der Waals surface area contributed by atoms with E-state index in [4.69, 9.17) is 4.74 Å². The lowest BCUT2D eigenvalue weighted by atomic mass is 10.2. The van der Waals surface area contributed by atoms with Crippen molar-refractivity contribution in [2.75, 3.05) is 6.61 Å². The van der Waals surface area contributed by atoms with Crippen LogP contribution in [0.5, 0.6) is 5.75 Å². The van der Waals surface area contributed by atoms with Crippen LogP contribution in [-0.4, -0.2) is 12.9 Å². The normalized spacial score (nSPS) is 10.1. The number of hydrogen-bond donors (Lipinski definition) is 0. The highest BCUT2D eigenvalue weighted by Crippen LogP contribution is 2.25. The average molecular weight is 285 g/mol. The minimum Gasteiger partial charge on any atom is -0.492 e. The van der Waals surface area contributed by atoms with Crippen molar-refractivity contribution in [2.24, 2.45) is 0 Å². The minimum atomic E-state index is 0.658. The van der Waals surface area contributed by atoms with Gasteiger partial charge in [0, 0.05) is 5.56 Å². The van der Waals surface area contributed by atoms with Crippen molar-refractivity contribution >= 4 is 22.2 Å². The molecule has 0 N–H and O–H groups in total. The van der Waals surface area contributed by atoms with Crippen molar-refractivity contribution in [3.63, 3.8) is 0 Å². The third-order valence-electron chi connectivity index (χ3n) is 2.35. The molecule has 0 radical (unpaired) electrons. The molecule has 2 nitrogen and oxygen atoms in total. The molecule has 0 aromatic heterocycles. The van der Waals surface area contributed by atoms with Crippen LogP contribution < -0.4 is 4.74 Å². The molecule has 0 spiro atoms. The van der Waals surface area contributed by atoms with Crippen LogP contribution in [-0.2, 0) is 0 Å². The lowest BCUT2D eigenvalue weighted by Gasteiger charge is -2.08. The molecule has 0 atom stereocenters. The van der Waals surface area contributed by atoms with Gasteiger partial charge in [-0.05, 0) is 40.5 Å². The van der Waals surface area contributed by atoms with Crippen molar-refractivity contribution in [2.45, 2.75) is 32.6 Å². The van der Waals surface area contributed by atoms with Crippen LogP contribution in [0, 0.1) is 0 Å². The maximum Gasteiger partial charge on any atom is 0.150 e. The topological polar surface area (TPSA) is 26.3 Å². The summed E-state index contributed by atoms with van der Waals surface area (Å²) in [4.78, 5) is 10.5. The molecule has 1 aromatic carbocycles. The molecule has 0 unspecified atom stereocenters. The molecular weight excluding hydrogens is 268 g/mol. The highest BCUT2D eigenvalue weighted by atomic mass is 79.9. The fraction of sp³-hybridized carbons (Fsp3) is 0.462. The van der Waals surface area contributed by atoms with E-state index in [1.54, 1.807) is 12.1 Å². The van der Waals surface area contributed by atoms with E-state index in [0.29, 0.717) is 5.56 Å². The molecule has 0 aliphatic carbocycles. The van der Waals surface area contributed by atoms with Crippen molar-refractivity contribution in [3.05, 3.63) is 28.2 Å². The zero-order chi connectivity index (χ0) is 11.8. The molecule has 0 bridgehead atoms. The summed E-state index contributed by atoms with van der Waals surface area (Å²) in [6.45, 7) is 2.93. The molecule has 0 fully saturated rings. The fourth-order valence-electron chi connectivity index (χ4n) is 1.42. The van der Waals surface area contributed by atoms with Gasteiger partial charge in [0.05, 0.1) is 11.1 Å². The van der Waals surface area contributed by atoms with E-state index in [1.165, 1.54) is 19.3 Å². The van der Waals surface area contributed by atoms with Gasteiger partial charge in [-0.3, -0.25) is 4.79 Å². The van der Waals surface area contributed by atoms with E-state index < -0.39 is 0 Å². The van der Waals surface area contributed by atoms with E-state index in [2.05, 4.69) is 22.9 Å². The molecule has 1 aromatic rings. The molecule has 1 rings (SSSR count). The predicted molar refractivity (Wildman–Crippen MR) is 69.2 cm³/mol. The maximum atomic E-state index is 10.5. The van der Waals surface area contributed by atoms with E-state index >= 15 is 0 Å². The molecule has 88 valence electrons. The smallest absolute Gasteiger partial charge is 0.150 e. The van der Waals surface area contributed by atoms with E-state index in [-0.39, 0.29) is 0 Å². The predicted octanol–water partition coefficient (Wildman–Crippen LogP) is 4.22. The summed E-state index contributed by atoms with van der Waals surface area (Å²) in [5.74, 6) is 0.807. The van der Waals surface area contributed by atoms with Crippen LogP contribution in [0.4, 0.5) is 0 Å². The standard InChI is InChI=1S/C13H17BrO2/c1-2-3-4-5-8-16-13-7-6-11(10-15)9-12(13)14/h6-7,9-10H,2-5,8H2,1H3. The number of halogens is 1. The number of carbonyl (C=O) groups excluding carboxylic acids is 1. The number of ether oxygens (including phenoxy) is 1. The Balaban J connectivity index is 2.39.